The van der Waals surface area contributed by atoms with Crippen LogP contribution in [0.3, 0.4) is 0 Å². The Morgan fingerprint density at radius 2 is 1.96 bits per heavy atom. The molecule has 0 saturated heterocycles. The number of carbonyl (C=O) groups is 1. The van der Waals surface area contributed by atoms with Gasteiger partial charge in [0.25, 0.3) is 5.91 Å². The fraction of sp³-hybridized carbons (Fsp3) is 0.105. The predicted molar refractivity (Wildman–Crippen MR) is 106 cm³/mol. The number of halogens is 2. The number of carbonyl (C=O) groups excluding carboxylic acids is 1. The van der Waals surface area contributed by atoms with Crippen LogP contribution in [0.1, 0.15) is 22.0 Å². The fourth-order valence-electron chi connectivity index (χ4n) is 2.39. The number of hydrogen-bond acceptors (Lipinski definition) is 3. The van der Waals surface area contributed by atoms with Gasteiger partial charge in [-0.2, -0.15) is 0 Å². The Balaban J connectivity index is 1.63. The van der Waals surface area contributed by atoms with Crippen LogP contribution in [0, 0.1) is 0 Å². The Kier molecular flexibility index (Phi) is 5.91. The van der Waals surface area contributed by atoms with Crippen LogP contribution in [0.2, 0.25) is 5.02 Å². The lowest BCUT2D eigenvalue weighted by molar-refractivity contribution is 0.0916. The fourth-order valence-corrected chi connectivity index (χ4v) is 3.68. The van der Waals surface area contributed by atoms with Crippen molar-refractivity contribution in [3.05, 3.63) is 80.6 Å². The Labute approximate surface area is 163 Å². The summed E-state index contributed by atoms with van der Waals surface area (Å²) < 4.78 is 0.770. The highest BCUT2D eigenvalue weighted by Gasteiger charge is 2.14. The molecular weight excluding hydrogens is 422 g/mol. The van der Waals surface area contributed by atoms with Crippen molar-refractivity contribution in [1.82, 2.24) is 5.32 Å². The van der Waals surface area contributed by atoms with E-state index in [0.717, 1.165) is 15.6 Å². The summed E-state index contributed by atoms with van der Waals surface area (Å²) in [7, 11) is 0. The van der Waals surface area contributed by atoms with Crippen molar-refractivity contribution >= 4 is 44.8 Å². The molecule has 0 aliphatic heterocycles. The van der Waals surface area contributed by atoms with E-state index < -0.39 is 6.10 Å². The maximum absolute atomic E-state index is 12.2. The maximum atomic E-state index is 12.2. The molecule has 1 heterocycles. The molecule has 3 rings (SSSR count). The summed E-state index contributed by atoms with van der Waals surface area (Å²) in [6, 6.07) is 16.8. The zero-order chi connectivity index (χ0) is 17.8. The van der Waals surface area contributed by atoms with E-state index in [1.54, 1.807) is 29.5 Å². The number of benzene rings is 2. The largest absolute Gasteiger partial charge is 0.387 e. The highest BCUT2D eigenvalue weighted by Crippen LogP contribution is 2.26. The van der Waals surface area contributed by atoms with Crippen LogP contribution >= 0.6 is 38.9 Å². The number of aliphatic hydroxyl groups is 1. The second-order valence-corrected chi connectivity index (χ2v) is 7.72. The van der Waals surface area contributed by atoms with E-state index in [1.165, 1.54) is 4.88 Å². The van der Waals surface area contributed by atoms with Crippen molar-refractivity contribution in [2.75, 3.05) is 6.54 Å². The number of rotatable bonds is 5. The average Bonchev–Trinajstić information content (AvgIpc) is 3.16. The average molecular weight is 437 g/mol. The molecule has 0 fully saturated rings. The standard InChI is InChI=1S/C19H15BrClNO2S/c20-14-7-8-16(21)15(10-14)19(24)22-11-17(23)12-3-5-13(6-4-12)18-2-1-9-25-18/h1-10,17,23H,11H2,(H,22,24). The summed E-state index contributed by atoms with van der Waals surface area (Å²) in [6.07, 6.45) is -0.785. The van der Waals surface area contributed by atoms with Crippen LogP contribution in [-0.4, -0.2) is 17.6 Å². The lowest BCUT2D eigenvalue weighted by Gasteiger charge is -2.13. The van der Waals surface area contributed by atoms with E-state index >= 15 is 0 Å². The third-order valence-electron chi connectivity index (χ3n) is 3.73. The monoisotopic (exact) mass is 435 g/mol. The van der Waals surface area contributed by atoms with Crippen molar-refractivity contribution in [3.8, 4) is 10.4 Å². The zero-order valence-corrected chi connectivity index (χ0v) is 16.2. The molecule has 0 radical (unpaired) electrons. The van der Waals surface area contributed by atoms with Gasteiger partial charge in [-0.1, -0.05) is 57.9 Å². The van der Waals surface area contributed by atoms with Gasteiger partial charge in [-0.15, -0.1) is 11.3 Å². The molecule has 2 aromatic carbocycles. The summed E-state index contributed by atoms with van der Waals surface area (Å²) in [5, 5.41) is 15.4. The lowest BCUT2D eigenvalue weighted by atomic mass is 10.1. The van der Waals surface area contributed by atoms with Gasteiger partial charge in [0.05, 0.1) is 16.7 Å². The molecule has 0 aliphatic carbocycles. The van der Waals surface area contributed by atoms with Crippen molar-refractivity contribution in [1.29, 1.82) is 0 Å². The summed E-state index contributed by atoms with van der Waals surface area (Å²) in [5.41, 5.74) is 2.23. The van der Waals surface area contributed by atoms with Gasteiger partial charge in [0.2, 0.25) is 0 Å². The van der Waals surface area contributed by atoms with E-state index in [2.05, 4.69) is 27.3 Å². The first-order chi connectivity index (χ1) is 12.0. The molecule has 6 heteroatoms. The molecule has 1 atom stereocenters. The molecule has 0 saturated carbocycles. The Hall–Kier alpha value is -1.66. The Morgan fingerprint density at radius 1 is 1.20 bits per heavy atom. The summed E-state index contributed by atoms with van der Waals surface area (Å²) >= 11 is 11.0. The Morgan fingerprint density at radius 3 is 2.64 bits per heavy atom. The molecule has 3 aromatic rings. The van der Waals surface area contributed by atoms with Crippen LogP contribution in [-0.2, 0) is 0 Å². The maximum Gasteiger partial charge on any atom is 0.252 e. The van der Waals surface area contributed by atoms with E-state index in [-0.39, 0.29) is 12.5 Å². The molecule has 2 N–H and O–H groups in total. The van der Waals surface area contributed by atoms with Crippen LogP contribution < -0.4 is 5.32 Å². The van der Waals surface area contributed by atoms with Gasteiger partial charge in [0.15, 0.2) is 0 Å². The number of aliphatic hydroxyl groups excluding tert-OH is 1. The molecular formula is C19H15BrClNO2S. The normalized spacial score (nSPS) is 12.0. The zero-order valence-electron chi connectivity index (χ0n) is 13.1. The number of thiophene rings is 1. The van der Waals surface area contributed by atoms with Crippen molar-refractivity contribution in [2.24, 2.45) is 0 Å². The third kappa shape index (κ3) is 4.50. The highest BCUT2D eigenvalue weighted by molar-refractivity contribution is 9.10. The van der Waals surface area contributed by atoms with Crippen molar-refractivity contribution < 1.29 is 9.90 Å². The summed E-state index contributed by atoms with van der Waals surface area (Å²) in [4.78, 5) is 13.4. The van der Waals surface area contributed by atoms with Crippen LogP contribution in [0.5, 0.6) is 0 Å². The molecule has 3 nitrogen and oxygen atoms in total. The van der Waals surface area contributed by atoms with Crippen molar-refractivity contribution in [2.45, 2.75) is 6.10 Å². The van der Waals surface area contributed by atoms with E-state index in [9.17, 15) is 9.90 Å². The Bertz CT molecular complexity index is 866. The third-order valence-corrected chi connectivity index (χ3v) is 5.47. The molecule has 1 aromatic heterocycles. The molecule has 1 amide bonds. The molecule has 128 valence electrons. The van der Waals surface area contributed by atoms with E-state index in [4.69, 9.17) is 11.6 Å². The van der Waals surface area contributed by atoms with Crippen LogP contribution in [0.15, 0.2) is 64.5 Å². The van der Waals surface area contributed by atoms with Crippen molar-refractivity contribution in [3.63, 3.8) is 0 Å². The predicted octanol–water partition coefficient (Wildman–Crippen LogP) is 5.29. The first kappa shape index (κ1) is 18.1. The molecule has 0 bridgehead atoms. The number of amides is 1. The molecule has 0 spiro atoms. The quantitative estimate of drug-likeness (QED) is 0.570. The molecule has 0 aliphatic rings. The number of hydrogen-bond donors (Lipinski definition) is 2. The lowest BCUT2D eigenvalue weighted by Crippen LogP contribution is -2.28. The summed E-state index contributed by atoms with van der Waals surface area (Å²) in [6.45, 7) is 0.111. The van der Waals surface area contributed by atoms with Gasteiger partial charge in [0.1, 0.15) is 0 Å². The second-order valence-electron chi connectivity index (χ2n) is 5.45. The van der Waals surface area contributed by atoms with Gasteiger partial charge in [0, 0.05) is 15.9 Å². The molecule has 1 unspecified atom stereocenters. The second kappa shape index (κ2) is 8.15. The highest BCUT2D eigenvalue weighted by atomic mass is 79.9. The van der Waals surface area contributed by atoms with E-state index in [0.29, 0.717) is 10.6 Å². The smallest absolute Gasteiger partial charge is 0.252 e. The first-order valence-corrected chi connectivity index (χ1v) is 9.65. The number of nitrogens with one attached hydrogen (secondary N) is 1. The topological polar surface area (TPSA) is 49.3 Å². The van der Waals surface area contributed by atoms with Crippen LogP contribution in [0.25, 0.3) is 10.4 Å². The van der Waals surface area contributed by atoms with Gasteiger partial charge in [-0.25, -0.2) is 0 Å². The van der Waals surface area contributed by atoms with Gasteiger partial charge < -0.3 is 10.4 Å². The minimum Gasteiger partial charge on any atom is -0.387 e. The minimum atomic E-state index is -0.785. The van der Waals surface area contributed by atoms with Gasteiger partial charge in [-0.05, 0) is 40.8 Å². The van der Waals surface area contributed by atoms with Gasteiger partial charge >= 0.3 is 0 Å². The summed E-state index contributed by atoms with van der Waals surface area (Å²) in [5.74, 6) is -0.319. The first-order valence-electron chi connectivity index (χ1n) is 7.60. The van der Waals surface area contributed by atoms with E-state index in [1.807, 2.05) is 35.7 Å². The molecule has 25 heavy (non-hydrogen) atoms. The van der Waals surface area contributed by atoms with Crippen LogP contribution in [0.4, 0.5) is 0 Å². The minimum absolute atomic E-state index is 0.111. The van der Waals surface area contributed by atoms with Gasteiger partial charge in [-0.3, -0.25) is 4.79 Å². The SMILES string of the molecule is O=C(NCC(O)c1ccc(-c2cccs2)cc1)c1cc(Br)ccc1Cl.